The van der Waals surface area contributed by atoms with Gasteiger partial charge in [0.15, 0.2) is 0 Å². The van der Waals surface area contributed by atoms with E-state index in [-0.39, 0.29) is 11.8 Å². The Labute approximate surface area is 121 Å². The van der Waals surface area contributed by atoms with Crippen LogP contribution in [-0.4, -0.2) is 43.5 Å². The van der Waals surface area contributed by atoms with Crippen LogP contribution in [0, 0.1) is 12.8 Å². The molecule has 2 N–H and O–H groups in total. The summed E-state index contributed by atoms with van der Waals surface area (Å²) in [5, 5.41) is 0. The maximum atomic E-state index is 12.1. The highest BCUT2D eigenvalue weighted by Crippen LogP contribution is 2.21. The molecule has 0 bridgehead atoms. The van der Waals surface area contributed by atoms with Gasteiger partial charge in [0.05, 0.1) is 0 Å². The molecule has 1 fully saturated rings. The second-order valence-corrected chi connectivity index (χ2v) is 5.70. The third-order valence-electron chi connectivity index (χ3n) is 4.01. The van der Waals surface area contributed by atoms with E-state index in [0.29, 0.717) is 13.0 Å². The molecule has 1 heterocycles. The van der Waals surface area contributed by atoms with Crippen LogP contribution in [0.25, 0.3) is 0 Å². The number of aryl methyl sites for hydroxylation is 1. The molecule has 0 aliphatic carbocycles. The van der Waals surface area contributed by atoms with Crippen LogP contribution >= 0.6 is 0 Å². The molecule has 4 heteroatoms. The SMILES string of the molecule is Cc1ccccc1N1CCN(C(=O)CC(C)CN)CC1. The van der Waals surface area contributed by atoms with Gasteiger partial charge in [-0.2, -0.15) is 0 Å². The topological polar surface area (TPSA) is 49.6 Å². The maximum absolute atomic E-state index is 12.1. The Morgan fingerprint density at radius 1 is 1.25 bits per heavy atom. The van der Waals surface area contributed by atoms with Gasteiger partial charge in [-0.1, -0.05) is 25.1 Å². The highest BCUT2D eigenvalue weighted by Gasteiger charge is 2.22. The van der Waals surface area contributed by atoms with Gasteiger partial charge in [0.25, 0.3) is 0 Å². The zero-order chi connectivity index (χ0) is 14.5. The van der Waals surface area contributed by atoms with Crippen molar-refractivity contribution in [2.24, 2.45) is 11.7 Å². The Bertz CT molecular complexity index is 453. The van der Waals surface area contributed by atoms with Crippen LogP contribution < -0.4 is 10.6 Å². The van der Waals surface area contributed by atoms with E-state index in [9.17, 15) is 4.79 Å². The Balaban J connectivity index is 1.89. The average Bonchev–Trinajstić information content (AvgIpc) is 2.47. The highest BCUT2D eigenvalue weighted by molar-refractivity contribution is 5.76. The number of nitrogens with zero attached hydrogens (tertiary/aromatic N) is 2. The lowest BCUT2D eigenvalue weighted by atomic mass is 10.1. The molecule has 1 unspecified atom stereocenters. The van der Waals surface area contributed by atoms with Gasteiger partial charge in [0.1, 0.15) is 0 Å². The summed E-state index contributed by atoms with van der Waals surface area (Å²) >= 11 is 0. The van der Waals surface area contributed by atoms with Gasteiger partial charge < -0.3 is 15.5 Å². The van der Waals surface area contributed by atoms with Crippen LogP contribution in [0.1, 0.15) is 18.9 Å². The third-order valence-corrected chi connectivity index (χ3v) is 4.01. The van der Waals surface area contributed by atoms with Gasteiger partial charge in [0, 0.05) is 38.3 Å². The number of anilines is 1. The summed E-state index contributed by atoms with van der Waals surface area (Å²) in [7, 11) is 0. The second-order valence-electron chi connectivity index (χ2n) is 5.70. The lowest BCUT2D eigenvalue weighted by Gasteiger charge is -2.37. The van der Waals surface area contributed by atoms with Crippen molar-refractivity contribution in [3.8, 4) is 0 Å². The molecule has 0 spiro atoms. The normalized spacial score (nSPS) is 17.1. The number of hydrogen-bond acceptors (Lipinski definition) is 3. The van der Waals surface area contributed by atoms with Gasteiger partial charge in [-0.15, -0.1) is 0 Å². The van der Waals surface area contributed by atoms with Crippen LogP contribution in [0.15, 0.2) is 24.3 Å². The van der Waals surface area contributed by atoms with Crippen LogP contribution in [0.5, 0.6) is 0 Å². The van der Waals surface area contributed by atoms with E-state index in [4.69, 9.17) is 5.73 Å². The van der Waals surface area contributed by atoms with E-state index in [0.717, 1.165) is 26.2 Å². The number of rotatable bonds is 4. The van der Waals surface area contributed by atoms with Crippen LogP contribution in [0.3, 0.4) is 0 Å². The number of benzene rings is 1. The van der Waals surface area contributed by atoms with E-state index >= 15 is 0 Å². The average molecular weight is 275 g/mol. The molecule has 0 aromatic heterocycles. The minimum atomic E-state index is 0.243. The zero-order valence-electron chi connectivity index (χ0n) is 12.5. The Kier molecular flexibility index (Phi) is 5.01. The van der Waals surface area contributed by atoms with Crippen molar-refractivity contribution in [1.82, 2.24) is 4.90 Å². The molecule has 1 amide bonds. The van der Waals surface area contributed by atoms with E-state index < -0.39 is 0 Å². The number of amides is 1. The van der Waals surface area contributed by atoms with E-state index in [1.807, 2.05) is 11.8 Å². The first-order valence-electron chi connectivity index (χ1n) is 7.40. The fourth-order valence-electron chi connectivity index (χ4n) is 2.63. The van der Waals surface area contributed by atoms with Crippen molar-refractivity contribution in [1.29, 1.82) is 0 Å². The monoisotopic (exact) mass is 275 g/mol. The molecule has 20 heavy (non-hydrogen) atoms. The van der Waals surface area contributed by atoms with E-state index in [1.165, 1.54) is 11.3 Å². The van der Waals surface area contributed by atoms with Crippen molar-refractivity contribution in [2.75, 3.05) is 37.6 Å². The number of piperazine rings is 1. The minimum Gasteiger partial charge on any atom is -0.368 e. The molecule has 1 aliphatic heterocycles. The van der Waals surface area contributed by atoms with Crippen LogP contribution in [0.2, 0.25) is 0 Å². The summed E-state index contributed by atoms with van der Waals surface area (Å²) in [6.45, 7) is 8.18. The molecule has 4 nitrogen and oxygen atoms in total. The summed E-state index contributed by atoms with van der Waals surface area (Å²) in [5.74, 6) is 0.518. The van der Waals surface area contributed by atoms with Gasteiger partial charge >= 0.3 is 0 Å². The third kappa shape index (κ3) is 3.51. The molecule has 1 aromatic rings. The van der Waals surface area contributed by atoms with Crippen molar-refractivity contribution in [3.63, 3.8) is 0 Å². The Morgan fingerprint density at radius 2 is 1.90 bits per heavy atom. The van der Waals surface area contributed by atoms with Crippen molar-refractivity contribution < 1.29 is 4.79 Å². The predicted octanol–water partition coefficient (Wildman–Crippen LogP) is 1.63. The predicted molar refractivity (Wildman–Crippen MR) is 82.8 cm³/mol. The van der Waals surface area contributed by atoms with Crippen LogP contribution in [0.4, 0.5) is 5.69 Å². The largest absolute Gasteiger partial charge is 0.368 e. The van der Waals surface area contributed by atoms with Crippen molar-refractivity contribution in [3.05, 3.63) is 29.8 Å². The van der Waals surface area contributed by atoms with Gasteiger partial charge in [-0.05, 0) is 31.0 Å². The zero-order valence-corrected chi connectivity index (χ0v) is 12.5. The second kappa shape index (κ2) is 6.75. The first-order chi connectivity index (χ1) is 9.61. The van der Waals surface area contributed by atoms with Gasteiger partial charge in [-0.3, -0.25) is 4.79 Å². The smallest absolute Gasteiger partial charge is 0.223 e. The molecule has 110 valence electrons. The first-order valence-corrected chi connectivity index (χ1v) is 7.40. The fraction of sp³-hybridized carbons (Fsp3) is 0.562. The van der Waals surface area contributed by atoms with Gasteiger partial charge in [0.2, 0.25) is 5.91 Å². The van der Waals surface area contributed by atoms with Crippen molar-refractivity contribution in [2.45, 2.75) is 20.3 Å². The Morgan fingerprint density at radius 3 is 2.50 bits per heavy atom. The number of carbonyl (C=O) groups excluding carboxylic acids is 1. The quantitative estimate of drug-likeness (QED) is 0.908. The fourth-order valence-corrected chi connectivity index (χ4v) is 2.63. The highest BCUT2D eigenvalue weighted by atomic mass is 16.2. The number of para-hydroxylation sites is 1. The minimum absolute atomic E-state index is 0.243. The molecule has 1 aromatic carbocycles. The van der Waals surface area contributed by atoms with Gasteiger partial charge in [-0.25, -0.2) is 0 Å². The van der Waals surface area contributed by atoms with E-state index in [1.54, 1.807) is 0 Å². The molecule has 1 atom stereocenters. The molecular formula is C16H25N3O. The maximum Gasteiger partial charge on any atom is 0.223 e. The summed E-state index contributed by atoms with van der Waals surface area (Å²) < 4.78 is 0. The molecule has 1 saturated heterocycles. The summed E-state index contributed by atoms with van der Waals surface area (Å²) in [4.78, 5) is 16.5. The summed E-state index contributed by atoms with van der Waals surface area (Å²) in [5.41, 5.74) is 8.17. The molecular weight excluding hydrogens is 250 g/mol. The standard InChI is InChI=1S/C16H25N3O/c1-13(12-17)11-16(20)19-9-7-18(8-10-19)15-6-4-3-5-14(15)2/h3-6,13H,7-12,17H2,1-2H3. The summed E-state index contributed by atoms with van der Waals surface area (Å²) in [6.07, 6.45) is 0.570. The summed E-state index contributed by atoms with van der Waals surface area (Å²) in [6, 6.07) is 8.43. The first kappa shape index (κ1) is 14.9. The lowest BCUT2D eigenvalue weighted by molar-refractivity contribution is -0.132. The van der Waals surface area contributed by atoms with Crippen molar-refractivity contribution >= 4 is 11.6 Å². The Hall–Kier alpha value is -1.55. The molecule has 0 radical (unpaired) electrons. The molecule has 2 rings (SSSR count). The number of carbonyl (C=O) groups is 1. The number of hydrogen-bond donors (Lipinski definition) is 1. The lowest BCUT2D eigenvalue weighted by Crippen LogP contribution is -2.49. The number of nitrogens with two attached hydrogens (primary N) is 1. The van der Waals surface area contributed by atoms with Crippen LogP contribution in [-0.2, 0) is 4.79 Å². The molecule has 0 saturated carbocycles. The van der Waals surface area contributed by atoms with E-state index in [2.05, 4.69) is 36.1 Å². The molecule has 1 aliphatic rings.